The average molecular weight is 750 g/mol. The molecule has 0 aromatic heterocycles. The van der Waals surface area contributed by atoms with Crippen LogP contribution < -0.4 is 4.89 Å². The van der Waals surface area contributed by atoms with Crippen molar-refractivity contribution in [1.82, 2.24) is 0 Å². The Morgan fingerprint density at radius 2 is 0.960 bits per heavy atom. The highest BCUT2D eigenvalue weighted by molar-refractivity contribution is 8.14. The summed E-state index contributed by atoms with van der Waals surface area (Å²) in [6, 6.07) is 0. The lowest BCUT2D eigenvalue weighted by atomic mass is 10.0. The van der Waals surface area contributed by atoms with Gasteiger partial charge in [0.15, 0.2) is 5.12 Å². The Kier molecular flexibility index (Phi) is 34.0. The molecule has 8 nitrogen and oxygen atoms in total. The summed E-state index contributed by atoms with van der Waals surface area (Å²) in [5.41, 5.74) is 0. The number of carbonyl (C=O) groups excluding carboxylic acids is 2. The normalized spacial score (nSPS) is 13.7. The van der Waals surface area contributed by atoms with E-state index < -0.39 is 13.1 Å². The van der Waals surface area contributed by atoms with Gasteiger partial charge in [0.05, 0.1) is 33.0 Å². The molecule has 0 aliphatic rings. The second-order valence-electron chi connectivity index (χ2n) is 15.4. The Bertz CT molecular complexity index is 839. The quantitative estimate of drug-likeness (QED) is 0.0266. The van der Waals surface area contributed by atoms with Gasteiger partial charge in [-0.15, -0.1) is 0 Å². The molecule has 0 radical (unpaired) electrons. The van der Waals surface area contributed by atoms with Crippen LogP contribution in [0.15, 0.2) is 0 Å². The number of hydrogen-bond donors (Lipinski definition) is 0. The first-order valence-corrected chi connectivity index (χ1v) is 23.1. The summed E-state index contributed by atoms with van der Waals surface area (Å²) in [6.07, 6.45) is 33.0. The van der Waals surface area contributed by atoms with Crippen LogP contribution in [0.25, 0.3) is 0 Å². The number of phosphoric acid groups is 1. The first-order chi connectivity index (χ1) is 24.0. The van der Waals surface area contributed by atoms with Crippen LogP contribution in [0.1, 0.15) is 194 Å². The van der Waals surface area contributed by atoms with Gasteiger partial charge >= 0.3 is 5.97 Å². The van der Waals surface area contributed by atoms with E-state index in [-0.39, 0.29) is 30.9 Å². The van der Waals surface area contributed by atoms with Gasteiger partial charge < -0.3 is 23.2 Å². The number of thioether (sulfide) groups is 1. The molecular formula is C40H80NO7PS. The average Bonchev–Trinajstić information content (AvgIpc) is 3.06. The summed E-state index contributed by atoms with van der Waals surface area (Å²) in [4.78, 5) is 37.7. The smallest absolute Gasteiger partial charge is 0.305 e. The topological polar surface area (TPSA) is 102 Å². The van der Waals surface area contributed by atoms with Crippen molar-refractivity contribution >= 4 is 30.7 Å². The van der Waals surface area contributed by atoms with Crippen molar-refractivity contribution in [1.29, 1.82) is 0 Å². The number of phosphoric ester groups is 1. The Balaban J connectivity index is 4.36. The van der Waals surface area contributed by atoms with Gasteiger partial charge in [0.1, 0.15) is 19.8 Å². The second kappa shape index (κ2) is 34.3. The number of nitrogens with zero attached hydrogens (tertiary/aromatic N) is 1. The molecule has 0 amide bonds. The number of ether oxygens (including phenoxy) is 1. The molecule has 0 aliphatic heterocycles. The molecule has 0 bridgehead atoms. The minimum atomic E-state index is -4.54. The first-order valence-electron chi connectivity index (χ1n) is 20.7. The van der Waals surface area contributed by atoms with E-state index in [1.165, 1.54) is 128 Å². The van der Waals surface area contributed by atoms with E-state index in [1.54, 1.807) is 0 Å². The number of rotatable bonds is 38. The van der Waals surface area contributed by atoms with Crippen LogP contribution in [-0.4, -0.2) is 68.3 Å². The molecule has 2 atom stereocenters. The fraction of sp³-hybridized carbons (Fsp3) is 0.950. The zero-order valence-electron chi connectivity index (χ0n) is 33.4. The van der Waals surface area contributed by atoms with Crippen molar-refractivity contribution in [2.75, 3.05) is 47.5 Å². The second-order valence-corrected chi connectivity index (χ2v) is 18.1. The third-order valence-electron chi connectivity index (χ3n) is 9.13. The molecule has 0 heterocycles. The number of quaternary nitrogens is 1. The largest absolute Gasteiger partial charge is 0.756 e. The van der Waals surface area contributed by atoms with Crippen LogP contribution in [0.2, 0.25) is 0 Å². The third kappa shape index (κ3) is 37.3. The van der Waals surface area contributed by atoms with Gasteiger partial charge in [0, 0.05) is 12.8 Å². The van der Waals surface area contributed by atoms with Gasteiger partial charge in [0.2, 0.25) is 0 Å². The highest BCUT2D eigenvalue weighted by Crippen LogP contribution is 2.39. The van der Waals surface area contributed by atoms with Crippen LogP contribution in [-0.2, 0) is 27.9 Å². The summed E-state index contributed by atoms with van der Waals surface area (Å²) in [5.74, 6) is -0.313. The van der Waals surface area contributed by atoms with Crippen LogP contribution in [0.4, 0.5) is 0 Å². The van der Waals surface area contributed by atoms with Crippen LogP contribution >= 0.6 is 19.6 Å². The lowest BCUT2D eigenvalue weighted by Gasteiger charge is -2.28. The SMILES string of the molecule is CCCCCCCCCCCCCCCC(=O)OC[C@H](COP(=O)([O-])OCC[N+](C)(C)C)SC(=O)CCCCCCCCCCCCCCC. The van der Waals surface area contributed by atoms with E-state index in [9.17, 15) is 19.0 Å². The summed E-state index contributed by atoms with van der Waals surface area (Å²) in [7, 11) is 1.30. The fourth-order valence-electron chi connectivity index (χ4n) is 5.83. The molecule has 50 heavy (non-hydrogen) atoms. The Morgan fingerprint density at radius 3 is 1.36 bits per heavy atom. The van der Waals surface area contributed by atoms with Gasteiger partial charge in [-0.2, -0.15) is 0 Å². The van der Waals surface area contributed by atoms with Crippen LogP contribution in [0.3, 0.4) is 0 Å². The van der Waals surface area contributed by atoms with E-state index in [1.807, 2.05) is 21.1 Å². The molecular weight excluding hydrogens is 669 g/mol. The van der Waals surface area contributed by atoms with E-state index in [4.69, 9.17) is 13.8 Å². The summed E-state index contributed by atoms with van der Waals surface area (Å²) < 4.78 is 28.6. The molecule has 10 heteroatoms. The van der Waals surface area contributed by atoms with Gasteiger partial charge in [-0.1, -0.05) is 180 Å². The Labute approximate surface area is 313 Å². The van der Waals surface area contributed by atoms with Crippen LogP contribution in [0, 0.1) is 0 Å². The van der Waals surface area contributed by atoms with E-state index in [2.05, 4.69) is 13.8 Å². The number of carbonyl (C=O) groups is 2. The van der Waals surface area contributed by atoms with Crippen molar-refractivity contribution in [3.05, 3.63) is 0 Å². The van der Waals surface area contributed by atoms with Crippen molar-refractivity contribution in [3.8, 4) is 0 Å². The zero-order chi connectivity index (χ0) is 37.2. The molecule has 0 aromatic carbocycles. The predicted molar refractivity (Wildman–Crippen MR) is 210 cm³/mol. The fourth-order valence-corrected chi connectivity index (χ4v) is 7.58. The number of likely N-dealkylation sites (N-methyl/N-ethyl adjacent to an activating group) is 1. The molecule has 298 valence electrons. The molecule has 0 rings (SSSR count). The molecule has 0 fully saturated rings. The monoisotopic (exact) mass is 750 g/mol. The standard InChI is InChI=1S/C40H80NO7PS/c1-6-8-10-12-14-16-18-20-22-24-26-28-30-32-39(42)46-36-38(37-48-49(44,45)47-35-34-41(3,4)5)50-40(43)33-31-29-27-25-23-21-19-17-15-13-11-9-7-2/h38H,6-37H2,1-5H3/t38-/m1/s1. The van der Waals surface area contributed by atoms with E-state index in [0.29, 0.717) is 23.9 Å². The van der Waals surface area contributed by atoms with Crippen molar-refractivity contribution in [2.45, 2.75) is 199 Å². The minimum Gasteiger partial charge on any atom is -0.756 e. The number of hydrogen-bond acceptors (Lipinski definition) is 8. The van der Waals surface area contributed by atoms with Gasteiger partial charge in [-0.3, -0.25) is 14.2 Å². The maximum Gasteiger partial charge on any atom is 0.305 e. The van der Waals surface area contributed by atoms with Crippen molar-refractivity contribution < 1.29 is 37.3 Å². The molecule has 0 N–H and O–H groups in total. The highest BCUT2D eigenvalue weighted by atomic mass is 32.2. The summed E-state index contributed by atoms with van der Waals surface area (Å²) in [5, 5.41) is -0.634. The molecule has 0 saturated carbocycles. The van der Waals surface area contributed by atoms with Crippen molar-refractivity contribution in [3.63, 3.8) is 0 Å². The van der Waals surface area contributed by atoms with Gasteiger partial charge in [-0.05, 0) is 12.8 Å². The number of unbranched alkanes of at least 4 members (excludes halogenated alkanes) is 24. The van der Waals surface area contributed by atoms with Crippen molar-refractivity contribution in [2.24, 2.45) is 0 Å². The third-order valence-corrected chi connectivity index (χ3v) is 11.2. The Morgan fingerprint density at radius 1 is 0.580 bits per heavy atom. The lowest BCUT2D eigenvalue weighted by molar-refractivity contribution is -0.870. The van der Waals surface area contributed by atoms with E-state index >= 15 is 0 Å². The zero-order valence-corrected chi connectivity index (χ0v) is 35.1. The molecule has 1 unspecified atom stereocenters. The maximum atomic E-state index is 12.8. The maximum absolute atomic E-state index is 12.8. The van der Waals surface area contributed by atoms with Crippen LogP contribution in [0.5, 0.6) is 0 Å². The predicted octanol–water partition coefficient (Wildman–Crippen LogP) is 11.3. The van der Waals surface area contributed by atoms with E-state index in [0.717, 1.165) is 50.3 Å². The molecule has 0 aliphatic carbocycles. The molecule has 0 spiro atoms. The minimum absolute atomic E-state index is 0.00811. The lowest BCUT2D eigenvalue weighted by Crippen LogP contribution is -2.37. The molecule has 0 saturated heterocycles. The number of esters is 1. The van der Waals surface area contributed by atoms with Gasteiger partial charge in [-0.25, -0.2) is 0 Å². The highest BCUT2D eigenvalue weighted by Gasteiger charge is 2.21. The summed E-state index contributed by atoms with van der Waals surface area (Å²) in [6.45, 7) is 4.68. The summed E-state index contributed by atoms with van der Waals surface area (Å²) >= 11 is 1.03. The first kappa shape index (κ1) is 49.6. The Hall–Kier alpha value is -0.440. The van der Waals surface area contributed by atoms with Gasteiger partial charge in [0.25, 0.3) is 7.82 Å². The molecule has 0 aromatic rings.